The number of esters is 1. The zero-order chi connectivity index (χ0) is 20.8. The Balaban J connectivity index is 1.34. The molecular weight excluding hydrogens is 374 g/mol. The van der Waals surface area contributed by atoms with Gasteiger partial charge in [0.1, 0.15) is 12.4 Å². The molecule has 7 heteroatoms. The molecule has 29 heavy (non-hydrogen) atoms. The summed E-state index contributed by atoms with van der Waals surface area (Å²) in [5, 5.41) is 0. The van der Waals surface area contributed by atoms with Crippen LogP contribution in [0.3, 0.4) is 0 Å². The molecule has 1 heterocycles. The number of hydrogen-bond acceptors (Lipinski definition) is 6. The lowest BCUT2D eigenvalue weighted by atomic mass is 10.1. The first-order chi connectivity index (χ1) is 14.0. The van der Waals surface area contributed by atoms with Crippen LogP contribution in [0.25, 0.3) is 0 Å². The van der Waals surface area contributed by atoms with Crippen LogP contribution in [0.15, 0.2) is 48.5 Å². The fourth-order valence-corrected chi connectivity index (χ4v) is 2.96. The number of hydrogen-bond donors (Lipinski definition) is 0. The number of ketones is 1. The van der Waals surface area contributed by atoms with E-state index in [-0.39, 0.29) is 37.2 Å². The molecule has 0 unspecified atom stereocenters. The summed E-state index contributed by atoms with van der Waals surface area (Å²) in [5.74, 6) is -0.552. The highest BCUT2D eigenvalue weighted by molar-refractivity contribution is 6.21. The van der Waals surface area contributed by atoms with Crippen molar-refractivity contribution < 1.29 is 28.7 Å². The minimum Gasteiger partial charge on any atom is -0.494 e. The quantitative estimate of drug-likeness (QED) is 0.281. The van der Waals surface area contributed by atoms with E-state index in [4.69, 9.17) is 9.47 Å². The van der Waals surface area contributed by atoms with Gasteiger partial charge in [-0.1, -0.05) is 12.1 Å². The van der Waals surface area contributed by atoms with E-state index >= 15 is 0 Å². The Kier molecular flexibility index (Phi) is 6.39. The van der Waals surface area contributed by atoms with Crippen LogP contribution >= 0.6 is 0 Å². The van der Waals surface area contributed by atoms with E-state index in [0.29, 0.717) is 35.5 Å². The Morgan fingerprint density at radius 2 is 1.52 bits per heavy atom. The maximum Gasteiger partial charge on any atom is 0.305 e. The second kappa shape index (κ2) is 9.14. The smallest absolute Gasteiger partial charge is 0.305 e. The summed E-state index contributed by atoms with van der Waals surface area (Å²) in [6.45, 7) is 1.80. The van der Waals surface area contributed by atoms with E-state index in [9.17, 15) is 19.2 Å². The third-order valence-electron chi connectivity index (χ3n) is 4.51. The van der Waals surface area contributed by atoms with E-state index < -0.39 is 5.97 Å². The topological polar surface area (TPSA) is 90.0 Å². The maximum atomic E-state index is 12.2. The van der Waals surface area contributed by atoms with Crippen LogP contribution in [0.5, 0.6) is 5.75 Å². The molecule has 0 saturated heterocycles. The second-order valence-electron chi connectivity index (χ2n) is 6.56. The largest absolute Gasteiger partial charge is 0.494 e. The number of benzene rings is 2. The number of imide groups is 1. The molecule has 0 bridgehead atoms. The molecule has 2 aromatic rings. The van der Waals surface area contributed by atoms with Gasteiger partial charge in [-0.15, -0.1) is 0 Å². The van der Waals surface area contributed by atoms with Gasteiger partial charge in [-0.2, -0.15) is 0 Å². The third-order valence-corrected chi connectivity index (χ3v) is 4.51. The van der Waals surface area contributed by atoms with Crippen LogP contribution < -0.4 is 4.74 Å². The van der Waals surface area contributed by atoms with Gasteiger partial charge in [0.15, 0.2) is 5.78 Å². The van der Waals surface area contributed by atoms with Crippen molar-refractivity contribution >= 4 is 23.6 Å². The normalized spacial score (nSPS) is 12.7. The SMILES string of the molecule is CC(=O)c1ccc(OCCCC(=O)OCCN2C(=O)c3ccccc3C2=O)cc1. The van der Waals surface area contributed by atoms with Gasteiger partial charge in [-0.3, -0.25) is 24.1 Å². The molecule has 0 N–H and O–H groups in total. The minimum atomic E-state index is -0.419. The molecule has 0 radical (unpaired) electrons. The van der Waals surface area contributed by atoms with Crippen molar-refractivity contribution in [3.63, 3.8) is 0 Å². The fourth-order valence-electron chi connectivity index (χ4n) is 2.96. The Hall–Kier alpha value is -3.48. The lowest BCUT2D eigenvalue weighted by molar-refractivity contribution is -0.144. The summed E-state index contributed by atoms with van der Waals surface area (Å²) < 4.78 is 10.6. The van der Waals surface area contributed by atoms with E-state index in [1.165, 1.54) is 6.92 Å². The monoisotopic (exact) mass is 395 g/mol. The molecule has 7 nitrogen and oxygen atoms in total. The lowest BCUT2D eigenvalue weighted by Gasteiger charge is -2.13. The van der Waals surface area contributed by atoms with Gasteiger partial charge >= 0.3 is 5.97 Å². The molecule has 2 aromatic carbocycles. The zero-order valence-corrected chi connectivity index (χ0v) is 16.1. The maximum absolute atomic E-state index is 12.2. The third kappa shape index (κ3) is 4.87. The van der Waals surface area contributed by atoms with E-state index in [0.717, 1.165) is 4.90 Å². The Morgan fingerprint density at radius 3 is 2.10 bits per heavy atom. The molecule has 0 fully saturated rings. The van der Waals surface area contributed by atoms with Crippen molar-refractivity contribution in [3.05, 3.63) is 65.2 Å². The molecule has 1 aliphatic rings. The van der Waals surface area contributed by atoms with Gasteiger partial charge < -0.3 is 9.47 Å². The van der Waals surface area contributed by atoms with Crippen LogP contribution in [-0.2, 0) is 9.53 Å². The molecule has 0 spiro atoms. The molecule has 3 rings (SSSR count). The fraction of sp³-hybridized carbons (Fsp3) is 0.273. The Bertz CT molecular complexity index is 900. The molecule has 0 aromatic heterocycles. The summed E-state index contributed by atoms with van der Waals surface area (Å²) in [4.78, 5) is 48.6. The van der Waals surface area contributed by atoms with Crippen molar-refractivity contribution in [1.29, 1.82) is 0 Å². The van der Waals surface area contributed by atoms with Gasteiger partial charge in [0, 0.05) is 12.0 Å². The van der Waals surface area contributed by atoms with Gasteiger partial charge in [0.05, 0.1) is 24.3 Å². The van der Waals surface area contributed by atoms with Crippen LogP contribution in [0.4, 0.5) is 0 Å². The van der Waals surface area contributed by atoms with Gasteiger partial charge in [-0.05, 0) is 49.7 Å². The van der Waals surface area contributed by atoms with Crippen LogP contribution in [0.2, 0.25) is 0 Å². The van der Waals surface area contributed by atoms with E-state index in [1.54, 1.807) is 48.5 Å². The van der Waals surface area contributed by atoms with Crippen LogP contribution in [0.1, 0.15) is 50.8 Å². The molecule has 1 aliphatic heterocycles. The number of carbonyl (C=O) groups excluding carboxylic acids is 4. The number of ether oxygens (including phenoxy) is 2. The van der Waals surface area contributed by atoms with Crippen LogP contribution in [-0.4, -0.2) is 48.2 Å². The number of rotatable bonds is 9. The molecule has 0 saturated carbocycles. The molecule has 2 amide bonds. The predicted octanol–water partition coefficient (Wildman–Crippen LogP) is 2.89. The van der Waals surface area contributed by atoms with Crippen molar-refractivity contribution in [2.24, 2.45) is 0 Å². The minimum absolute atomic E-state index is 0.0134. The number of Topliss-reactive ketones (excluding diaryl/α,β-unsaturated/α-hetero) is 1. The first kappa shape index (κ1) is 20.3. The number of carbonyl (C=O) groups is 4. The van der Waals surface area contributed by atoms with Gasteiger partial charge in [0.2, 0.25) is 0 Å². The lowest BCUT2D eigenvalue weighted by Crippen LogP contribution is -2.33. The number of amides is 2. The van der Waals surface area contributed by atoms with E-state index in [2.05, 4.69) is 0 Å². The zero-order valence-electron chi connectivity index (χ0n) is 16.1. The summed E-state index contributed by atoms with van der Waals surface area (Å²) in [6.07, 6.45) is 0.619. The standard InChI is InChI=1S/C22H21NO6/c1-15(24)16-8-10-17(11-9-16)28-13-4-7-20(25)29-14-12-23-21(26)18-5-2-3-6-19(18)22(23)27/h2-3,5-6,8-11H,4,7,12-14H2,1H3. The van der Waals surface area contributed by atoms with Gasteiger partial charge in [-0.25, -0.2) is 0 Å². The first-order valence-electron chi connectivity index (χ1n) is 9.32. The predicted molar refractivity (Wildman–Crippen MR) is 104 cm³/mol. The van der Waals surface area contributed by atoms with Crippen LogP contribution in [0, 0.1) is 0 Å². The van der Waals surface area contributed by atoms with Crippen molar-refractivity contribution in [2.45, 2.75) is 19.8 Å². The number of nitrogens with zero attached hydrogens (tertiary/aromatic N) is 1. The highest BCUT2D eigenvalue weighted by Gasteiger charge is 2.34. The van der Waals surface area contributed by atoms with Gasteiger partial charge in [0.25, 0.3) is 11.8 Å². The Labute approximate surface area is 168 Å². The highest BCUT2D eigenvalue weighted by atomic mass is 16.5. The van der Waals surface area contributed by atoms with Crippen molar-refractivity contribution in [1.82, 2.24) is 4.90 Å². The summed E-state index contributed by atoms with van der Waals surface area (Å²) in [5.41, 5.74) is 1.36. The van der Waals surface area contributed by atoms with E-state index in [1.807, 2.05) is 0 Å². The summed E-state index contributed by atoms with van der Waals surface area (Å²) in [6, 6.07) is 13.4. The number of fused-ring (bicyclic) bond motifs is 1. The first-order valence-corrected chi connectivity index (χ1v) is 9.32. The highest BCUT2D eigenvalue weighted by Crippen LogP contribution is 2.22. The van der Waals surface area contributed by atoms with Crippen molar-refractivity contribution in [3.8, 4) is 5.75 Å². The van der Waals surface area contributed by atoms with Crippen molar-refractivity contribution in [2.75, 3.05) is 19.8 Å². The molecule has 0 atom stereocenters. The Morgan fingerprint density at radius 1 is 0.897 bits per heavy atom. The average molecular weight is 395 g/mol. The summed E-state index contributed by atoms with van der Waals surface area (Å²) >= 11 is 0. The average Bonchev–Trinajstić information content (AvgIpc) is 2.96. The molecular formula is C22H21NO6. The second-order valence-corrected chi connectivity index (χ2v) is 6.56. The molecule has 150 valence electrons. The molecule has 0 aliphatic carbocycles. The summed E-state index contributed by atoms with van der Waals surface area (Å²) in [7, 11) is 0.